The molecule has 0 aliphatic carbocycles. The van der Waals surface area contributed by atoms with Gasteiger partial charge >= 0.3 is 6.18 Å². The van der Waals surface area contributed by atoms with Crippen LogP contribution in [-0.4, -0.2) is 4.98 Å². The van der Waals surface area contributed by atoms with Crippen molar-refractivity contribution < 1.29 is 13.2 Å². The Hall–Kier alpha value is -0.770. The fraction of sp³-hybridized carbons (Fsp3) is 0.400. The molecule has 0 fully saturated rings. The van der Waals surface area contributed by atoms with E-state index in [1.807, 2.05) is 0 Å². The third kappa shape index (κ3) is 3.38. The predicted molar refractivity (Wildman–Crippen MR) is 52.5 cm³/mol. The average molecular weight is 237 g/mol. The van der Waals surface area contributed by atoms with Crippen LogP contribution in [0.3, 0.4) is 0 Å². The van der Waals surface area contributed by atoms with E-state index in [1.54, 1.807) is 0 Å². The van der Waals surface area contributed by atoms with Gasteiger partial charge in [-0.2, -0.15) is 13.2 Å². The molecule has 0 saturated heterocycles. The minimum atomic E-state index is -4.39. The molecule has 0 saturated carbocycles. The van der Waals surface area contributed by atoms with E-state index in [1.165, 1.54) is 0 Å². The molecule has 0 amide bonds. The molecule has 0 aliphatic heterocycles. The van der Waals surface area contributed by atoms with Crippen molar-refractivity contribution in [3.63, 3.8) is 0 Å². The first-order valence-electron chi connectivity index (χ1n) is 4.46. The zero-order chi connectivity index (χ0) is 11.5. The van der Waals surface area contributed by atoms with Crippen molar-refractivity contribution in [2.45, 2.75) is 25.4 Å². The molecule has 1 heterocycles. The highest BCUT2D eigenvalue weighted by molar-refractivity contribution is 6.31. The molecular formula is C10H10ClF3N. The van der Waals surface area contributed by atoms with E-state index in [0.717, 1.165) is 18.7 Å². The first kappa shape index (κ1) is 12.3. The SMILES string of the molecule is [CH2]CCCc1ncc(C(F)(F)F)cc1Cl. The summed E-state index contributed by atoms with van der Waals surface area (Å²) in [6, 6.07) is 0.910. The number of hydrogen-bond donors (Lipinski definition) is 0. The quantitative estimate of drug-likeness (QED) is 0.775. The van der Waals surface area contributed by atoms with E-state index in [0.29, 0.717) is 18.5 Å². The number of unbranched alkanes of at least 4 members (excludes halogenated alkanes) is 1. The maximum atomic E-state index is 12.2. The molecule has 0 bridgehead atoms. The maximum absolute atomic E-state index is 12.2. The van der Waals surface area contributed by atoms with Crippen LogP contribution < -0.4 is 0 Å². The van der Waals surface area contributed by atoms with Crippen molar-refractivity contribution in [2.75, 3.05) is 0 Å². The molecule has 1 rings (SSSR count). The molecule has 1 aromatic heterocycles. The van der Waals surface area contributed by atoms with Gasteiger partial charge in [-0.25, -0.2) is 0 Å². The lowest BCUT2D eigenvalue weighted by Crippen LogP contribution is -2.06. The Morgan fingerprint density at radius 2 is 2.07 bits per heavy atom. The van der Waals surface area contributed by atoms with Gasteiger partial charge in [0.05, 0.1) is 16.3 Å². The van der Waals surface area contributed by atoms with Crippen molar-refractivity contribution in [3.05, 3.63) is 35.5 Å². The zero-order valence-electron chi connectivity index (χ0n) is 7.94. The van der Waals surface area contributed by atoms with E-state index in [4.69, 9.17) is 11.6 Å². The average Bonchev–Trinajstić information content (AvgIpc) is 2.14. The topological polar surface area (TPSA) is 12.9 Å². The molecule has 0 aromatic carbocycles. The zero-order valence-corrected chi connectivity index (χ0v) is 8.70. The first-order valence-corrected chi connectivity index (χ1v) is 4.84. The summed E-state index contributed by atoms with van der Waals surface area (Å²) in [5.41, 5.74) is -0.320. The fourth-order valence-electron chi connectivity index (χ4n) is 1.10. The molecule has 15 heavy (non-hydrogen) atoms. The minimum absolute atomic E-state index is 0.0678. The number of hydrogen-bond acceptors (Lipinski definition) is 1. The Kier molecular flexibility index (Phi) is 3.97. The van der Waals surface area contributed by atoms with Gasteiger partial charge in [0.15, 0.2) is 0 Å². The van der Waals surface area contributed by atoms with E-state index >= 15 is 0 Å². The van der Waals surface area contributed by atoms with Gasteiger partial charge < -0.3 is 0 Å². The maximum Gasteiger partial charge on any atom is 0.417 e. The molecule has 0 spiro atoms. The van der Waals surface area contributed by atoms with Crippen molar-refractivity contribution in [2.24, 2.45) is 0 Å². The summed E-state index contributed by atoms with van der Waals surface area (Å²) < 4.78 is 36.7. The van der Waals surface area contributed by atoms with E-state index in [2.05, 4.69) is 11.9 Å². The number of aromatic nitrogens is 1. The number of pyridine rings is 1. The molecule has 1 nitrogen and oxygen atoms in total. The summed E-state index contributed by atoms with van der Waals surface area (Å²) in [6.45, 7) is 3.64. The van der Waals surface area contributed by atoms with Crippen LogP contribution in [0.1, 0.15) is 24.1 Å². The van der Waals surface area contributed by atoms with Gasteiger partial charge in [0.2, 0.25) is 0 Å². The third-order valence-corrected chi connectivity index (χ3v) is 2.24. The summed E-state index contributed by atoms with van der Waals surface area (Å²) in [5.74, 6) is 0. The van der Waals surface area contributed by atoms with Gasteiger partial charge in [0.25, 0.3) is 0 Å². The van der Waals surface area contributed by atoms with Crippen LogP contribution in [0.15, 0.2) is 12.3 Å². The van der Waals surface area contributed by atoms with Crippen LogP contribution in [0.4, 0.5) is 13.2 Å². The second-order valence-corrected chi connectivity index (χ2v) is 3.51. The minimum Gasteiger partial charge on any atom is -0.259 e. The summed E-state index contributed by atoms with van der Waals surface area (Å²) in [6.07, 6.45) is -1.55. The van der Waals surface area contributed by atoms with Crippen molar-refractivity contribution in [1.29, 1.82) is 0 Å². The standard InChI is InChI=1S/C10H10ClF3N/c1-2-3-4-9-8(11)5-7(6-15-9)10(12,13)14/h5-6H,1-4H2. The Morgan fingerprint density at radius 3 is 2.53 bits per heavy atom. The van der Waals surface area contributed by atoms with E-state index < -0.39 is 11.7 Å². The number of rotatable bonds is 3. The fourth-order valence-corrected chi connectivity index (χ4v) is 1.36. The lowest BCUT2D eigenvalue weighted by Gasteiger charge is -2.08. The number of alkyl halides is 3. The molecule has 5 heteroatoms. The Labute approximate surface area is 91.3 Å². The van der Waals surface area contributed by atoms with Gasteiger partial charge in [-0.3, -0.25) is 4.98 Å². The first-order chi connectivity index (χ1) is 6.95. The van der Waals surface area contributed by atoms with Gasteiger partial charge in [-0.1, -0.05) is 24.9 Å². The second kappa shape index (κ2) is 4.84. The predicted octanol–water partition coefficient (Wildman–Crippen LogP) is 3.91. The normalized spacial score (nSPS) is 11.8. The summed E-state index contributed by atoms with van der Waals surface area (Å²) in [4.78, 5) is 3.70. The monoisotopic (exact) mass is 236 g/mol. The van der Waals surface area contributed by atoms with Gasteiger partial charge in [-0.15, -0.1) is 0 Å². The molecule has 1 aromatic rings. The largest absolute Gasteiger partial charge is 0.417 e. The summed E-state index contributed by atoms with van der Waals surface area (Å²) in [5, 5.41) is 0.0678. The smallest absolute Gasteiger partial charge is 0.259 e. The van der Waals surface area contributed by atoms with Crippen LogP contribution in [0.5, 0.6) is 0 Å². The number of halogens is 4. The summed E-state index contributed by atoms with van der Waals surface area (Å²) in [7, 11) is 0. The lowest BCUT2D eigenvalue weighted by atomic mass is 10.1. The highest BCUT2D eigenvalue weighted by Crippen LogP contribution is 2.31. The lowest BCUT2D eigenvalue weighted by molar-refractivity contribution is -0.137. The van der Waals surface area contributed by atoms with Crippen LogP contribution in [0.25, 0.3) is 0 Å². The van der Waals surface area contributed by atoms with Crippen molar-refractivity contribution in [1.82, 2.24) is 4.98 Å². The van der Waals surface area contributed by atoms with Crippen molar-refractivity contribution in [3.8, 4) is 0 Å². The van der Waals surface area contributed by atoms with Gasteiger partial charge in [0, 0.05) is 6.20 Å². The van der Waals surface area contributed by atoms with Gasteiger partial charge in [0.1, 0.15) is 0 Å². The highest BCUT2D eigenvalue weighted by atomic mass is 35.5. The van der Waals surface area contributed by atoms with Crippen LogP contribution in [0, 0.1) is 6.92 Å². The van der Waals surface area contributed by atoms with Gasteiger partial charge in [-0.05, 0) is 18.9 Å². The van der Waals surface area contributed by atoms with Crippen LogP contribution >= 0.6 is 11.6 Å². The molecule has 0 atom stereocenters. The van der Waals surface area contributed by atoms with Crippen LogP contribution in [0.2, 0.25) is 5.02 Å². The molecular weight excluding hydrogens is 227 g/mol. The molecule has 0 unspecified atom stereocenters. The molecule has 1 radical (unpaired) electrons. The number of nitrogens with zero attached hydrogens (tertiary/aromatic N) is 1. The molecule has 0 aliphatic rings. The molecule has 0 N–H and O–H groups in total. The Morgan fingerprint density at radius 1 is 1.40 bits per heavy atom. The summed E-state index contributed by atoms with van der Waals surface area (Å²) >= 11 is 5.69. The van der Waals surface area contributed by atoms with Crippen molar-refractivity contribution >= 4 is 11.6 Å². The van der Waals surface area contributed by atoms with Crippen LogP contribution in [-0.2, 0) is 12.6 Å². The number of aryl methyl sites for hydroxylation is 1. The van der Waals surface area contributed by atoms with E-state index in [-0.39, 0.29) is 5.02 Å². The third-order valence-electron chi connectivity index (χ3n) is 1.91. The molecule has 83 valence electrons. The highest BCUT2D eigenvalue weighted by Gasteiger charge is 2.31. The Bertz CT molecular complexity index is 336. The van der Waals surface area contributed by atoms with E-state index in [9.17, 15) is 13.2 Å². The second-order valence-electron chi connectivity index (χ2n) is 3.11. The Balaban J connectivity index is 2.88.